The minimum atomic E-state index is -0.228. The summed E-state index contributed by atoms with van der Waals surface area (Å²) in [5.41, 5.74) is 3.79. The van der Waals surface area contributed by atoms with Gasteiger partial charge in [0.1, 0.15) is 0 Å². The SMILES string of the molecule is CCN(CC(=O)NCC(=O)Nc1c(C)cccc1C)c1ccccc1. The van der Waals surface area contributed by atoms with Gasteiger partial charge in [0.05, 0.1) is 13.1 Å². The molecule has 0 atom stereocenters. The molecule has 25 heavy (non-hydrogen) atoms. The van der Waals surface area contributed by atoms with Crippen LogP contribution in [0.2, 0.25) is 0 Å². The summed E-state index contributed by atoms with van der Waals surface area (Å²) in [7, 11) is 0. The van der Waals surface area contributed by atoms with Crippen molar-refractivity contribution in [3.63, 3.8) is 0 Å². The summed E-state index contributed by atoms with van der Waals surface area (Å²) in [5.74, 6) is -0.407. The van der Waals surface area contributed by atoms with Crippen LogP contribution in [-0.4, -0.2) is 31.4 Å². The second-order valence-electron chi connectivity index (χ2n) is 5.94. The molecule has 132 valence electrons. The number of carbonyl (C=O) groups is 2. The summed E-state index contributed by atoms with van der Waals surface area (Å²) in [6, 6.07) is 15.6. The minimum absolute atomic E-state index is 0.0427. The lowest BCUT2D eigenvalue weighted by atomic mass is 10.1. The molecule has 0 saturated carbocycles. The van der Waals surface area contributed by atoms with Crippen molar-refractivity contribution in [1.29, 1.82) is 0 Å². The lowest BCUT2D eigenvalue weighted by molar-refractivity contribution is -0.123. The molecule has 2 aromatic carbocycles. The Kier molecular flexibility index (Phi) is 6.57. The van der Waals surface area contributed by atoms with Gasteiger partial charge in [-0.05, 0) is 44.0 Å². The quantitative estimate of drug-likeness (QED) is 0.815. The normalized spacial score (nSPS) is 10.2. The fourth-order valence-corrected chi connectivity index (χ4v) is 2.63. The van der Waals surface area contributed by atoms with Crippen LogP contribution in [0.3, 0.4) is 0 Å². The van der Waals surface area contributed by atoms with Crippen LogP contribution in [0, 0.1) is 13.8 Å². The maximum atomic E-state index is 12.1. The number of carbonyl (C=O) groups excluding carboxylic acids is 2. The van der Waals surface area contributed by atoms with Crippen LogP contribution in [0.15, 0.2) is 48.5 Å². The van der Waals surface area contributed by atoms with E-state index in [1.54, 1.807) is 0 Å². The molecular weight excluding hydrogens is 314 g/mol. The van der Waals surface area contributed by atoms with Gasteiger partial charge in [0.25, 0.3) is 0 Å². The van der Waals surface area contributed by atoms with Crippen LogP contribution >= 0.6 is 0 Å². The van der Waals surface area contributed by atoms with E-state index in [1.165, 1.54) is 0 Å². The van der Waals surface area contributed by atoms with E-state index in [4.69, 9.17) is 0 Å². The maximum Gasteiger partial charge on any atom is 0.243 e. The number of hydrogen-bond donors (Lipinski definition) is 2. The minimum Gasteiger partial charge on any atom is -0.363 e. The van der Waals surface area contributed by atoms with E-state index in [2.05, 4.69) is 10.6 Å². The average Bonchev–Trinajstić information content (AvgIpc) is 2.62. The van der Waals surface area contributed by atoms with Crippen molar-refractivity contribution in [2.24, 2.45) is 0 Å². The molecule has 5 nitrogen and oxygen atoms in total. The number of hydrogen-bond acceptors (Lipinski definition) is 3. The summed E-state index contributed by atoms with van der Waals surface area (Å²) >= 11 is 0. The van der Waals surface area contributed by atoms with Crippen molar-refractivity contribution < 1.29 is 9.59 Å². The number of nitrogens with one attached hydrogen (secondary N) is 2. The van der Waals surface area contributed by atoms with E-state index >= 15 is 0 Å². The highest BCUT2D eigenvalue weighted by molar-refractivity contribution is 5.96. The molecule has 0 aliphatic rings. The molecule has 2 amide bonds. The van der Waals surface area contributed by atoms with Crippen LogP contribution in [0.1, 0.15) is 18.1 Å². The van der Waals surface area contributed by atoms with Gasteiger partial charge in [0, 0.05) is 17.9 Å². The molecule has 0 radical (unpaired) electrons. The van der Waals surface area contributed by atoms with Gasteiger partial charge in [-0.2, -0.15) is 0 Å². The van der Waals surface area contributed by atoms with Gasteiger partial charge in [-0.3, -0.25) is 9.59 Å². The third kappa shape index (κ3) is 5.35. The Balaban J connectivity index is 1.86. The number of aryl methyl sites for hydroxylation is 2. The monoisotopic (exact) mass is 339 g/mol. The summed E-state index contributed by atoms with van der Waals surface area (Å²) in [4.78, 5) is 26.2. The Morgan fingerprint density at radius 1 is 0.920 bits per heavy atom. The zero-order chi connectivity index (χ0) is 18.2. The number of nitrogens with zero attached hydrogens (tertiary/aromatic N) is 1. The summed E-state index contributed by atoms with van der Waals surface area (Å²) in [5, 5.41) is 5.55. The molecule has 0 aromatic heterocycles. The third-order valence-corrected chi connectivity index (χ3v) is 4.03. The van der Waals surface area contributed by atoms with Crippen molar-refractivity contribution in [3.05, 3.63) is 59.7 Å². The number of benzene rings is 2. The fourth-order valence-electron chi connectivity index (χ4n) is 2.63. The van der Waals surface area contributed by atoms with E-state index < -0.39 is 0 Å². The molecular formula is C20H25N3O2. The summed E-state index contributed by atoms with van der Waals surface area (Å²) in [6.07, 6.45) is 0. The molecule has 0 bridgehead atoms. The van der Waals surface area contributed by atoms with Gasteiger partial charge in [-0.25, -0.2) is 0 Å². The van der Waals surface area contributed by atoms with Gasteiger partial charge < -0.3 is 15.5 Å². The number of amides is 2. The first-order valence-electron chi connectivity index (χ1n) is 8.44. The zero-order valence-electron chi connectivity index (χ0n) is 15.0. The highest BCUT2D eigenvalue weighted by Gasteiger charge is 2.12. The van der Waals surface area contributed by atoms with Crippen LogP contribution in [-0.2, 0) is 9.59 Å². The van der Waals surface area contributed by atoms with E-state index in [0.29, 0.717) is 6.54 Å². The Hall–Kier alpha value is -2.82. The molecule has 0 heterocycles. The lowest BCUT2D eigenvalue weighted by Crippen LogP contribution is -2.40. The molecule has 0 aliphatic heterocycles. The number of para-hydroxylation sites is 2. The van der Waals surface area contributed by atoms with Crippen molar-refractivity contribution in [3.8, 4) is 0 Å². The predicted molar refractivity (Wildman–Crippen MR) is 102 cm³/mol. The zero-order valence-corrected chi connectivity index (χ0v) is 15.0. The molecule has 0 spiro atoms. The maximum absolute atomic E-state index is 12.1. The average molecular weight is 339 g/mol. The molecule has 2 N–H and O–H groups in total. The molecule has 0 saturated heterocycles. The number of anilines is 2. The van der Waals surface area contributed by atoms with Crippen LogP contribution in [0.4, 0.5) is 11.4 Å². The standard InChI is InChI=1S/C20H25N3O2/c1-4-23(17-11-6-5-7-12-17)14-19(25)21-13-18(24)22-20-15(2)9-8-10-16(20)3/h5-12H,4,13-14H2,1-3H3,(H,21,25)(H,22,24). The molecule has 2 rings (SSSR count). The topological polar surface area (TPSA) is 61.4 Å². The molecule has 0 unspecified atom stereocenters. The van der Waals surface area contributed by atoms with Crippen LogP contribution in [0.25, 0.3) is 0 Å². The Morgan fingerprint density at radius 3 is 2.16 bits per heavy atom. The molecule has 0 fully saturated rings. The number of likely N-dealkylation sites (N-methyl/N-ethyl adjacent to an activating group) is 1. The highest BCUT2D eigenvalue weighted by atomic mass is 16.2. The van der Waals surface area contributed by atoms with Crippen molar-refractivity contribution >= 4 is 23.2 Å². The Bertz CT molecular complexity index is 709. The van der Waals surface area contributed by atoms with Gasteiger partial charge in [-0.15, -0.1) is 0 Å². The first-order valence-corrected chi connectivity index (χ1v) is 8.44. The molecule has 2 aromatic rings. The molecule has 5 heteroatoms. The number of rotatable bonds is 7. The third-order valence-electron chi connectivity index (χ3n) is 4.03. The predicted octanol–water partition coefficient (Wildman–Crippen LogP) is 2.88. The summed E-state index contributed by atoms with van der Waals surface area (Å²) < 4.78 is 0. The van der Waals surface area contributed by atoms with Gasteiger partial charge in [0.15, 0.2) is 0 Å². The van der Waals surface area contributed by atoms with E-state index in [1.807, 2.05) is 74.2 Å². The van der Waals surface area contributed by atoms with E-state index in [9.17, 15) is 9.59 Å². The Morgan fingerprint density at radius 2 is 1.56 bits per heavy atom. The summed E-state index contributed by atoms with van der Waals surface area (Å²) in [6.45, 7) is 6.77. The molecule has 0 aliphatic carbocycles. The van der Waals surface area contributed by atoms with Crippen molar-refractivity contribution in [2.45, 2.75) is 20.8 Å². The van der Waals surface area contributed by atoms with Crippen molar-refractivity contribution in [2.75, 3.05) is 29.9 Å². The van der Waals surface area contributed by atoms with E-state index in [0.717, 1.165) is 22.5 Å². The van der Waals surface area contributed by atoms with E-state index in [-0.39, 0.29) is 24.9 Å². The first kappa shape index (κ1) is 18.5. The van der Waals surface area contributed by atoms with Crippen LogP contribution in [0.5, 0.6) is 0 Å². The van der Waals surface area contributed by atoms with Gasteiger partial charge in [-0.1, -0.05) is 36.4 Å². The van der Waals surface area contributed by atoms with Crippen molar-refractivity contribution in [1.82, 2.24) is 5.32 Å². The van der Waals surface area contributed by atoms with Gasteiger partial charge >= 0.3 is 0 Å². The largest absolute Gasteiger partial charge is 0.363 e. The van der Waals surface area contributed by atoms with Crippen LogP contribution < -0.4 is 15.5 Å². The Labute approximate surface area is 149 Å². The fraction of sp³-hybridized carbons (Fsp3) is 0.300. The second-order valence-corrected chi connectivity index (χ2v) is 5.94. The first-order chi connectivity index (χ1) is 12.0. The second kappa shape index (κ2) is 8.87. The van der Waals surface area contributed by atoms with Gasteiger partial charge in [0.2, 0.25) is 11.8 Å². The lowest BCUT2D eigenvalue weighted by Gasteiger charge is -2.22. The smallest absolute Gasteiger partial charge is 0.243 e. The highest BCUT2D eigenvalue weighted by Crippen LogP contribution is 2.19.